The van der Waals surface area contributed by atoms with E-state index in [-0.39, 0.29) is 38.6 Å². The molecule has 2 atom stereocenters. The number of carbonyl (C=O) groups is 3. The number of esters is 2. The molecule has 0 fully saturated rings. The Bertz CT molecular complexity index is 1700. The molecule has 2 unspecified atom stereocenters. The molecule has 0 aromatic heterocycles. The zero-order valence-electron chi connectivity index (χ0n) is 48.8. The van der Waals surface area contributed by atoms with E-state index < -0.39 is 24.3 Å². The summed E-state index contributed by atoms with van der Waals surface area (Å²) in [5.74, 6) is -2.34. The summed E-state index contributed by atoms with van der Waals surface area (Å²) in [5.41, 5.74) is 0. The van der Waals surface area contributed by atoms with E-state index in [1.807, 2.05) is 21.1 Å². The number of quaternary nitrogens is 1. The van der Waals surface area contributed by atoms with Crippen molar-refractivity contribution < 1.29 is 42.9 Å². The molecule has 0 N–H and O–H groups in total. The summed E-state index contributed by atoms with van der Waals surface area (Å²) >= 11 is 0. The van der Waals surface area contributed by atoms with Crippen molar-refractivity contribution in [3.63, 3.8) is 0 Å². The van der Waals surface area contributed by atoms with E-state index in [1.54, 1.807) is 0 Å². The number of carboxylic acids is 1. The van der Waals surface area contributed by atoms with Crippen molar-refractivity contribution in [3.05, 3.63) is 134 Å². The topological polar surface area (TPSA) is 111 Å². The molecule has 0 aliphatic rings. The van der Waals surface area contributed by atoms with Crippen LogP contribution in [0.2, 0.25) is 0 Å². The van der Waals surface area contributed by atoms with Gasteiger partial charge in [-0.25, -0.2) is 0 Å². The van der Waals surface area contributed by atoms with E-state index in [0.717, 1.165) is 109 Å². The van der Waals surface area contributed by atoms with Gasteiger partial charge in [0.2, 0.25) is 0 Å². The molecule has 0 bridgehead atoms. The summed E-state index contributed by atoms with van der Waals surface area (Å²) in [5, 5.41) is 11.8. The zero-order valence-corrected chi connectivity index (χ0v) is 48.8. The minimum absolute atomic E-state index is 0.135. The largest absolute Gasteiger partial charge is 0.545 e. The van der Waals surface area contributed by atoms with Gasteiger partial charge >= 0.3 is 11.9 Å². The first-order chi connectivity index (χ1) is 37.1. The van der Waals surface area contributed by atoms with Crippen LogP contribution in [-0.2, 0) is 33.3 Å². The van der Waals surface area contributed by atoms with Crippen molar-refractivity contribution in [2.75, 3.05) is 47.5 Å². The van der Waals surface area contributed by atoms with Crippen LogP contribution in [0.1, 0.15) is 213 Å². The first kappa shape index (κ1) is 71.4. The summed E-state index contributed by atoms with van der Waals surface area (Å²) in [6.07, 6.45) is 77.9. The van der Waals surface area contributed by atoms with E-state index in [1.165, 1.54) is 70.6 Å². The monoisotopic (exact) mass is 1060 g/mol. The Balaban J connectivity index is 4.29. The molecule has 0 radical (unpaired) electrons. The molecule has 0 saturated carbocycles. The fraction of sp³-hybridized carbons (Fsp3) is 0.627. The molecule has 9 heteroatoms. The maximum absolute atomic E-state index is 12.8. The van der Waals surface area contributed by atoms with Crippen molar-refractivity contribution in [2.24, 2.45) is 0 Å². The van der Waals surface area contributed by atoms with Crippen LogP contribution in [0.25, 0.3) is 0 Å². The molecule has 430 valence electrons. The molecule has 9 nitrogen and oxygen atoms in total. The lowest BCUT2D eigenvalue weighted by atomic mass is 10.0. The lowest BCUT2D eigenvalue weighted by Crippen LogP contribution is -2.44. The van der Waals surface area contributed by atoms with E-state index in [4.69, 9.17) is 18.9 Å². The van der Waals surface area contributed by atoms with Gasteiger partial charge in [0.15, 0.2) is 12.4 Å². The molecular weight excluding hydrogens is 947 g/mol. The second-order valence-electron chi connectivity index (χ2n) is 20.6. The Morgan fingerprint density at radius 3 is 1.12 bits per heavy atom. The second kappa shape index (κ2) is 56.6. The molecule has 0 spiro atoms. The molecule has 0 aliphatic heterocycles. The summed E-state index contributed by atoms with van der Waals surface area (Å²) in [7, 11) is 5.90. The average molecular weight is 1060 g/mol. The van der Waals surface area contributed by atoms with Crippen molar-refractivity contribution >= 4 is 17.9 Å². The number of carboxylic acid groups (broad SMARTS) is 1. The van der Waals surface area contributed by atoms with Gasteiger partial charge in [0.05, 0.1) is 40.3 Å². The molecular formula is C67H109NO8. The summed E-state index contributed by atoms with van der Waals surface area (Å²) in [6.45, 7) is 4.58. The van der Waals surface area contributed by atoms with Gasteiger partial charge in [0.1, 0.15) is 13.2 Å². The number of aliphatic carboxylic acids is 1. The molecule has 0 aromatic carbocycles. The first-order valence-electron chi connectivity index (χ1n) is 29.8. The van der Waals surface area contributed by atoms with Gasteiger partial charge in [-0.15, -0.1) is 0 Å². The SMILES string of the molecule is CC/C=C\C/C=C\C/C=C\C/C=C\C/C=C\C/C=C\C/C=C\C/C=C\C/C=C\C/C=C\C/C=C\CCCCCC(=O)OC(COC(=O)CCCCCCCCCCCCCCCC)COC(OCC[N+](C)(C)C)C(=O)[O-]. The minimum atomic E-state index is -1.64. The Morgan fingerprint density at radius 1 is 0.408 bits per heavy atom. The van der Waals surface area contributed by atoms with Gasteiger partial charge in [-0.1, -0.05) is 237 Å². The predicted octanol–water partition coefficient (Wildman–Crippen LogP) is 16.5. The number of carbonyl (C=O) groups excluding carboxylic acids is 3. The van der Waals surface area contributed by atoms with E-state index in [2.05, 4.69) is 148 Å². The fourth-order valence-electron chi connectivity index (χ4n) is 7.60. The normalized spacial score (nSPS) is 13.8. The highest BCUT2D eigenvalue weighted by atomic mass is 16.7. The number of hydrogen-bond acceptors (Lipinski definition) is 8. The molecule has 76 heavy (non-hydrogen) atoms. The molecule has 0 amide bonds. The van der Waals surface area contributed by atoms with Crippen LogP contribution in [-0.4, -0.2) is 82.3 Å². The maximum Gasteiger partial charge on any atom is 0.306 e. The van der Waals surface area contributed by atoms with Crippen LogP contribution in [0.5, 0.6) is 0 Å². The van der Waals surface area contributed by atoms with Crippen molar-refractivity contribution in [3.8, 4) is 0 Å². The Kier molecular flexibility index (Phi) is 53.2. The Hall–Kier alpha value is -4.57. The number of unbranched alkanes of at least 4 members (excludes halogenated alkanes) is 16. The van der Waals surface area contributed by atoms with Crippen molar-refractivity contribution in [1.29, 1.82) is 0 Å². The fourth-order valence-corrected chi connectivity index (χ4v) is 7.60. The highest BCUT2D eigenvalue weighted by Gasteiger charge is 2.22. The molecule has 0 saturated heterocycles. The number of allylic oxidation sites excluding steroid dienone is 22. The highest BCUT2D eigenvalue weighted by Crippen LogP contribution is 2.15. The van der Waals surface area contributed by atoms with Crippen molar-refractivity contribution in [1.82, 2.24) is 0 Å². The van der Waals surface area contributed by atoms with Crippen LogP contribution in [0.3, 0.4) is 0 Å². The van der Waals surface area contributed by atoms with Gasteiger partial charge in [0.25, 0.3) is 0 Å². The van der Waals surface area contributed by atoms with E-state index >= 15 is 0 Å². The smallest absolute Gasteiger partial charge is 0.306 e. The number of rotatable bonds is 53. The molecule has 0 rings (SSSR count). The summed E-state index contributed by atoms with van der Waals surface area (Å²) < 4.78 is 22.6. The van der Waals surface area contributed by atoms with Crippen molar-refractivity contribution in [2.45, 2.75) is 225 Å². The van der Waals surface area contributed by atoms with E-state index in [0.29, 0.717) is 17.4 Å². The van der Waals surface area contributed by atoms with Gasteiger partial charge in [-0.3, -0.25) is 9.59 Å². The maximum atomic E-state index is 12.8. The van der Waals surface area contributed by atoms with Gasteiger partial charge < -0.3 is 33.3 Å². The third-order valence-electron chi connectivity index (χ3n) is 12.2. The van der Waals surface area contributed by atoms with Crippen LogP contribution >= 0.6 is 0 Å². The van der Waals surface area contributed by atoms with Crippen LogP contribution in [0.15, 0.2) is 134 Å². The quantitative estimate of drug-likeness (QED) is 0.0195. The van der Waals surface area contributed by atoms with Crippen LogP contribution in [0.4, 0.5) is 0 Å². The first-order valence-corrected chi connectivity index (χ1v) is 29.8. The van der Waals surface area contributed by atoms with Gasteiger partial charge in [-0.2, -0.15) is 0 Å². The standard InChI is InChI=1S/C67H109NO8/c1-6-8-10-12-14-16-18-20-22-23-24-25-26-27-28-29-30-31-32-33-34-35-36-37-38-39-40-41-42-43-44-46-48-50-52-54-56-58-65(70)76-63(62-75-67(66(71)72)73-60-59-68(3,4)5)61-74-64(69)57-55-53-51-49-47-45-21-19-17-15-13-11-9-7-2/h8,10,14,16,20,22,24-25,27-28,30-31,33-34,36-37,39-40,42-43,46,48,63,67H,6-7,9,11-13,15,17-19,21,23,26,29,32,35,38,41,44-45,47,49-62H2,1-5H3/b10-8-,16-14-,22-20-,25-24-,28-27-,31-30-,34-33-,37-36-,40-39-,43-42-,48-46-. The lowest BCUT2D eigenvalue weighted by molar-refractivity contribution is -0.870. The predicted molar refractivity (Wildman–Crippen MR) is 319 cm³/mol. The summed E-state index contributed by atoms with van der Waals surface area (Å²) in [4.78, 5) is 37.2. The third-order valence-corrected chi connectivity index (χ3v) is 12.2. The molecule has 0 aromatic rings. The van der Waals surface area contributed by atoms with E-state index in [9.17, 15) is 19.5 Å². The van der Waals surface area contributed by atoms with Crippen LogP contribution in [0, 0.1) is 0 Å². The second-order valence-corrected chi connectivity index (χ2v) is 20.6. The summed E-state index contributed by atoms with van der Waals surface area (Å²) in [6, 6.07) is 0. The Morgan fingerprint density at radius 2 is 0.750 bits per heavy atom. The van der Waals surface area contributed by atoms with Gasteiger partial charge in [0, 0.05) is 12.8 Å². The number of ether oxygens (including phenoxy) is 4. The molecule has 0 aliphatic carbocycles. The zero-order chi connectivity index (χ0) is 55.5. The molecule has 0 heterocycles. The Labute approximate surface area is 465 Å². The number of hydrogen-bond donors (Lipinski definition) is 0. The highest BCUT2D eigenvalue weighted by molar-refractivity contribution is 5.70. The minimum Gasteiger partial charge on any atom is -0.545 e. The van der Waals surface area contributed by atoms with Crippen LogP contribution < -0.4 is 5.11 Å². The average Bonchev–Trinajstić information content (AvgIpc) is 3.39. The lowest BCUT2D eigenvalue weighted by Gasteiger charge is -2.26. The number of likely N-dealkylation sites (N-methyl/N-ethyl adjacent to an activating group) is 1. The van der Waals surface area contributed by atoms with Gasteiger partial charge in [-0.05, 0) is 96.3 Å². The number of nitrogens with zero attached hydrogens (tertiary/aromatic N) is 1. The third kappa shape index (κ3) is 57.1.